The molecule has 3 aliphatic heterocycles. The molecule has 3 heteroatoms. The summed E-state index contributed by atoms with van der Waals surface area (Å²) >= 11 is 0. The molecule has 1 N–H and O–H groups in total. The van der Waals surface area contributed by atoms with Gasteiger partial charge >= 0.3 is 0 Å². The number of nitrogens with zero attached hydrogens (tertiary/aromatic N) is 1. The van der Waals surface area contributed by atoms with Crippen molar-refractivity contribution in [2.24, 2.45) is 5.92 Å². The maximum atomic E-state index is 5.81. The second-order valence-corrected chi connectivity index (χ2v) is 6.54. The zero-order chi connectivity index (χ0) is 14.2. The van der Waals surface area contributed by atoms with Gasteiger partial charge in [0, 0.05) is 29.6 Å². The van der Waals surface area contributed by atoms with Gasteiger partial charge in [0.1, 0.15) is 5.75 Å². The van der Waals surface area contributed by atoms with E-state index >= 15 is 0 Å². The first-order valence-electron chi connectivity index (χ1n) is 8.31. The standard InChI is InChI=1S/C18H24N2O/c1-2-9-21-14-3-4-18-15(10-14)16(11-19-18)17-12-20-7-5-13(17)6-8-20/h3-4,10-11,13,17,19H,2,5-9,12H2,1H3. The molecule has 3 nitrogen and oxygen atoms in total. The fourth-order valence-electron chi connectivity index (χ4n) is 4.06. The van der Waals surface area contributed by atoms with Crippen LogP contribution in [0.25, 0.3) is 10.9 Å². The van der Waals surface area contributed by atoms with E-state index in [4.69, 9.17) is 4.74 Å². The maximum Gasteiger partial charge on any atom is 0.120 e. The highest BCUT2D eigenvalue weighted by atomic mass is 16.5. The van der Waals surface area contributed by atoms with Crippen molar-refractivity contribution in [2.75, 3.05) is 26.2 Å². The molecule has 1 aromatic heterocycles. The number of ether oxygens (including phenoxy) is 1. The van der Waals surface area contributed by atoms with Crippen molar-refractivity contribution in [3.05, 3.63) is 30.0 Å². The molecule has 4 heterocycles. The van der Waals surface area contributed by atoms with E-state index in [1.165, 1.54) is 48.9 Å². The number of benzene rings is 1. The predicted octanol–water partition coefficient (Wildman–Crippen LogP) is 3.77. The average Bonchev–Trinajstić information content (AvgIpc) is 2.97. The Morgan fingerprint density at radius 2 is 2.14 bits per heavy atom. The van der Waals surface area contributed by atoms with E-state index in [1.807, 2.05) is 0 Å². The number of fused-ring (bicyclic) bond motifs is 4. The number of nitrogens with one attached hydrogen (secondary N) is 1. The van der Waals surface area contributed by atoms with Crippen molar-refractivity contribution >= 4 is 10.9 Å². The number of hydrogen-bond acceptors (Lipinski definition) is 2. The lowest BCUT2D eigenvalue weighted by Crippen LogP contribution is -2.46. The molecular formula is C18H24N2O. The van der Waals surface area contributed by atoms with Crippen LogP contribution >= 0.6 is 0 Å². The second-order valence-electron chi connectivity index (χ2n) is 6.54. The van der Waals surface area contributed by atoms with Gasteiger partial charge in [-0.15, -0.1) is 0 Å². The van der Waals surface area contributed by atoms with E-state index in [2.05, 4.69) is 41.2 Å². The Labute approximate surface area is 126 Å². The minimum absolute atomic E-state index is 0.697. The summed E-state index contributed by atoms with van der Waals surface area (Å²) in [5, 5.41) is 1.36. The molecule has 0 amide bonds. The number of rotatable bonds is 4. The maximum absolute atomic E-state index is 5.81. The molecule has 2 bridgehead atoms. The van der Waals surface area contributed by atoms with Gasteiger partial charge in [0.2, 0.25) is 0 Å². The number of aromatic amines is 1. The molecule has 1 unspecified atom stereocenters. The van der Waals surface area contributed by atoms with Crippen LogP contribution in [0.3, 0.4) is 0 Å². The third-order valence-corrected chi connectivity index (χ3v) is 5.21. The lowest BCUT2D eigenvalue weighted by atomic mass is 9.75. The summed E-state index contributed by atoms with van der Waals surface area (Å²) in [5.41, 5.74) is 2.74. The molecule has 1 atom stereocenters. The SMILES string of the molecule is CCCOc1ccc2[nH]cc(C3CN4CCC3CC4)c2c1. The summed E-state index contributed by atoms with van der Waals surface area (Å²) in [6.07, 6.45) is 6.02. The Balaban J connectivity index is 1.68. The number of aromatic nitrogens is 1. The van der Waals surface area contributed by atoms with Crippen LogP contribution in [0.4, 0.5) is 0 Å². The third-order valence-electron chi connectivity index (χ3n) is 5.21. The molecule has 0 aliphatic carbocycles. The smallest absolute Gasteiger partial charge is 0.120 e. The molecule has 0 spiro atoms. The van der Waals surface area contributed by atoms with Crippen LogP contribution in [0.2, 0.25) is 0 Å². The summed E-state index contributed by atoms with van der Waals surface area (Å²) in [6, 6.07) is 6.47. The Bertz CT molecular complexity index is 625. The van der Waals surface area contributed by atoms with E-state index in [0.717, 1.165) is 24.7 Å². The van der Waals surface area contributed by atoms with Crippen molar-refractivity contribution in [1.82, 2.24) is 9.88 Å². The topological polar surface area (TPSA) is 28.3 Å². The first kappa shape index (κ1) is 13.2. The van der Waals surface area contributed by atoms with Gasteiger partial charge in [0.05, 0.1) is 6.61 Å². The molecule has 5 rings (SSSR count). The van der Waals surface area contributed by atoms with Crippen LogP contribution in [0.1, 0.15) is 37.7 Å². The third kappa shape index (κ3) is 2.34. The molecule has 3 aliphatic rings. The highest BCUT2D eigenvalue weighted by Crippen LogP contribution is 2.41. The lowest BCUT2D eigenvalue weighted by molar-refractivity contribution is 0.0876. The molecule has 0 saturated carbocycles. The number of hydrogen-bond donors (Lipinski definition) is 1. The van der Waals surface area contributed by atoms with Gasteiger partial charge in [-0.25, -0.2) is 0 Å². The van der Waals surface area contributed by atoms with Crippen molar-refractivity contribution in [2.45, 2.75) is 32.1 Å². The fraction of sp³-hybridized carbons (Fsp3) is 0.556. The largest absolute Gasteiger partial charge is 0.494 e. The van der Waals surface area contributed by atoms with Crippen molar-refractivity contribution < 1.29 is 4.74 Å². The Morgan fingerprint density at radius 1 is 1.29 bits per heavy atom. The quantitative estimate of drug-likeness (QED) is 0.925. The molecule has 0 radical (unpaired) electrons. The van der Waals surface area contributed by atoms with Crippen molar-refractivity contribution in [3.8, 4) is 5.75 Å². The van der Waals surface area contributed by atoms with Crippen LogP contribution in [0, 0.1) is 5.92 Å². The van der Waals surface area contributed by atoms with Crippen LogP contribution in [0.5, 0.6) is 5.75 Å². The van der Waals surface area contributed by atoms with Gasteiger partial charge in [0.25, 0.3) is 0 Å². The van der Waals surface area contributed by atoms with Crippen molar-refractivity contribution in [3.63, 3.8) is 0 Å². The van der Waals surface area contributed by atoms with E-state index in [9.17, 15) is 0 Å². The highest BCUT2D eigenvalue weighted by molar-refractivity contribution is 5.85. The van der Waals surface area contributed by atoms with Crippen LogP contribution in [0.15, 0.2) is 24.4 Å². The van der Waals surface area contributed by atoms with Crippen molar-refractivity contribution in [1.29, 1.82) is 0 Å². The number of piperidine rings is 3. The van der Waals surface area contributed by atoms with Gasteiger partial charge in [-0.2, -0.15) is 0 Å². The Kier molecular flexibility index (Phi) is 3.38. The second kappa shape index (κ2) is 5.38. The summed E-state index contributed by atoms with van der Waals surface area (Å²) in [6.45, 7) is 6.78. The zero-order valence-electron chi connectivity index (χ0n) is 12.8. The summed E-state index contributed by atoms with van der Waals surface area (Å²) in [5.74, 6) is 2.57. The van der Waals surface area contributed by atoms with Crippen LogP contribution in [-0.4, -0.2) is 36.1 Å². The molecule has 21 heavy (non-hydrogen) atoms. The normalized spacial score (nSPS) is 28.1. The first-order chi connectivity index (χ1) is 10.3. The summed E-state index contributed by atoms with van der Waals surface area (Å²) < 4.78 is 5.81. The average molecular weight is 284 g/mol. The lowest BCUT2D eigenvalue weighted by Gasteiger charge is -2.44. The van der Waals surface area contributed by atoms with E-state index in [-0.39, 0.29) is 0 Å². The number of H-pyrrole nitrogens is 1. The molecular weight excluding hydrogens is 260 g/mol. The Morgan fingerprint density at radius 3 is 2.86 bits per heavy atom. The van der Waals surface area contributed by atoms with Gasteiger partial charge in [-0.05, 0) is 62.0 Å². The minimum Gasteiger partial charge on any atom is -0.494 e. The van der Waals surface area contributed by atoms with Gasteiger partial charge < -0.3 is 14.6 Å². The molecule has 2 aromatic rings. The molecule has 1 aromatic carbocycles. The first-order valence-corrected chi connectivity index (χ1v) is 8.31. The van der Waals surface area contributed by atoms with Gasteiger partial charge in [0.15, 0.2) is 0 Å². The van der Waals surface area contributed by atoms with E-state index in [1.54, 1.807) is 0 Å². The van der Waals surface area contributed by atoms with E-state index < -0.39 is 0 Å². The molecule has 3 fully saturated rings. The van der Waals surface area contributed by atoms with E-state index in [0.29, 0.717) is 5.92 Å². The molecule has 3 saturated heterocycles. The fourth-order valence-corrected chi connectivity index (χ4v) is 4.06. The minimum atomic E-state index is 0.697. The summed E-state index contributed by atoms with van der Waals surface area (Å²) in [4.78, 5) is 6.08. The summed E-state index contributed by atoms with van der Waals surface area (Å²) in [7, 11) is 0. The Hall–Kier alpha value is -1.48. The zero-order valence-corrected chi connectivity index (χ0v) is 12.8. The molecule has 112 valence electrons. The van der Waals surface area contributed by atoms with Crippen LogP contribution in [-0.2, 0) is 0 Å². The predicted molar refractivity (Wildman–Crippen MR) is 86.0 cm³/mol. The van der Waals surface area contributed by atoms with Gasteiger partial charge in [-0.3, -0.25) is 0 Å². The highest BCUT2D eigenvalue weighted by Gasteiger charge is 2.35. The van der Waals surface area contributed by atoms with Gasteiger partial charge in [-0.1, -0.05) is 6.92 Å². The monoisotopic (exact) mass is 284 g/mol. The van der Waals surface area contributed by atoms with Crippen LogP contribution < -0.4 is 4.74 Å².